The summed E-state index contributed by atoms with van der Waals surface area (Å²) in [4.78, 5) is 15.3. The number of oxazole rings is 1. The molecule has 0 bridgehead atoms. The van der Waals surface area contributed by atoms with E-state index in [2.05, 4.69) is 4.98 Å². The minimum absolute atomic E-state index is 0.0862. The van der Waals surface area contributed by atoms with E-state index in [1.807, 2.05) is 13.8 Å². The maximum Gasteiger partial charge on any atom is 0.373 e. The van der Waals surface area contributed by atoms with Crippen molar-refractivity contribution in [2.75, 3.05) is 0 Å². The number of rotatable bonds is 4. The van der Waals surface area contributed by atoms with Crippen molar-refractivity contribution in [1.29, 1.82) is 0 Å². The van der Waals surface area contributed by atoms with Crippen LogP contribution in [0, 0.1) is 11.7 Å². The summed E-state index contributed by atoms with van der Waals surface area (Å²) < 4.78 is 18.3. The lowest BCUT2D eigenvalue weighted by molar-refractivity contribution is 0.0661. The fraction of sp³-hybridized carbons (Fsp3) is 0.286. The highest BCUT2D eigenvalue weighted by Gasteiger charge is 2.22. The molecule has 0 spiro atoms. The average molecular weight is 298 g/mol. The lowest BCUT2D eigenvalue weighted by Gasteiger charge is -2.00. The van der Waals surface area contributed by atoms with Gasteiger partial charge in [0, 0.05) is 0 Å². The second-order valence-electron chi connectivity index (χ2n) is 4.82. The molecule has 1 aromatic heterocycles. The third kappa shape index (κ3) is 2.99. The molecule has 0 saturated heterocycles. The Kier molecular flexibility index (Phi) is 4.09. The van der Waals surface area contributed by atoms with Gasteiger partial charge in [0.05, 0.1) is 16.3 Å². The monoisotopic (exact) mass is 297 g/mol. The van der Waals surface area contributed by atoms with Crippen LogP contribution in [0.25, 0.3) is 11.5 Å². The Bertz CT molecular complexity index is 652. The van der Waals surface area contributed by atoms with Gasteiger partial charge in [-0.2, -0.15) is 0 Å². The summed E-state index contributed by atoms with van der Waals surface area (Å²) in [6.07, 6.45) is 0.476. The van der Waals surface area contributed by atoms with E-state index >= 15 is 0 Å². The molecule has 6 heteroatoms. The summed E-state index contributed by atoms with van der Waals surface area (Å²) in [7, 11) is 0. The smallest absolute Gasteiger partial charge is 0.373 e. The first-order valence-corrected chi connectivity index (χ1v) is 6.44. The third-order valence-corrected chi connectivity index (χ3v) is 2.97. The zero-order valence-electron chi connectivity index (χ0n) is 11.0. The van der Waals surface area contributed by atoms with Crippen LogP contribution in [0.3, 0.4) is 0 Å². The molecule has 2 rings (SSSR count). The summed E-state index contributed by atoms with van der Waals surface area (Å²) in [5.74, 6) is -1.55. The molecule has 2 aromatic rings. The van der Waals surface area contributed by atoms with Gasteiger partial charge in [0.2, 0.25) is 11.7 Å². The van der Waals surface area contributed by atoms with Gasteiger partial charge in [-0.05, 0) is 30.5 Å². The summed E-state index contributed by atoms with van der Waals surface area (Å²) in [5.41, 5.74) is 0.730. The number of hydrogen-bond donors (Lipinski definition) is 1. The average Bonchev–Trinajstić information content (AvgIpc) is 2.71. The molecule has 4 nitrogen and oxygen atoms in total. The highest BCUT2D eigenvalue weighted by Crippen LogP contribution is 2.30. The van der Waals surface area contributed by atoms with Crippen LogP contribution in [0.2, 0.25) is 5.02 Å². The molecule has 0 fully saturated rings. The Morgan fingerprint density at radius 3 is 2.75 bits per heavy atom. The molecule has 1 aromatic carbocycles. The molecular formula is C14H13ClFNO3. The number of carboxylic acid groups (broad SMARTS) is 1. The number of benzene rings is 1. The summed E-state index contributed by atoms with van der Waals surface area (Å²) in [5, 5.41) is 9.25. The first-order valence-electron chi connectivity index (χ1n) is 6.07. The number of halogens is 2. The molecule has 0 unspecified atom stereocenters. The van der Waals surface area contributed by atoms with E-state index in [0.717, 1.165) is 6.07 Å². The van der Waals surface area contributed by atoms with Gasteiger partial charge >= 0.3 is 5.97 Å². The number of aromatic carboxylic acids is 1. The number of carboxylic acids is 1. The Balaban J connectivity index is 2.49. The van der Waals surface area contributed by atoms with Crippen molar-refractivity contribution >= 4 is 17.6 Å². The second kappa shape index (κ2) is 5.63. The van der Waals surface area contributed by atoms with Gasteiger partial charge < -0.3 is 9.52 Å². The molecule has 0 atom stereocenters. The fourth-order valence-electron chi connectivity index (χ4n) is 1.82. The predicted molar refractivity (Wildman–Crippen MR) is 72.4 cm³/mol. The maximum absolute atomic E-state index is 13.0. The van der Waals surface area contributed by atoms with Crippen LogP contribution in [0.4, 0.5) is 4.39 Å². The Morgan fingerprint density at radius 1 is 1.50 bits per heavy atom. The maximum atomic E-state index is 13.0. The minimum atomic E-state index is -1.18. The molecule has 0 radical (unpaired) electrons. The molecule has 20 heavy (non-hydrogen) atoms. The summed E-state index contributed by atoms with van der Waals surface area (Å²) in [6.45, 7) is 3.90. The van der Waals surface area contributed by atoms with E-state index in [1.165, 1.54) is 12.1 Å². The standard InChI is InChI=1S/C14H13ClFNO3/c1-7(2)5-11-12(14(18)19)20-13(17-11)9-4-3-8(16)6-10(9)15/h3-4,6-7H,5H2,1-2H3,(H,18,19). The number of aromatic nitrogens is 1. The van der Waals surface area contributed by atoms with E-state index in [0.29, 0.717) is 17.7 Å². The zero-order valence-corrected chi connectivity index (χ0v) is 11.7. The predicted octanol–water partition coefficient (Wildman–Crippen LogP) is 4.03. The highest BCUT2D eigenvalue weighted by molar-refractivity contribution is 6.33. The zero-order chi connectivity index (χ0) is 14.9. The van der Waals surface area contributed by atoms with E-state index in [4.69, 9.17) is 21.1 Å². The van der Waals surface area contributed by atoms with E-state index in [1.54, 1.807) is 0 Å². The molecule has 106 valence electrons. The van der Waals surface area contributed by atoms with Gasteiger partial charge in [-0.1, -0.05) is 25.4 Å². The third-order valence-electron chi connectivity index (χ3n) is 2.65. The van der Waals surface area contributed by atoms with Crippen molar-refractivity contribution < 1.29 is 18.7 Å². The fourth-order valence-corrected chi connectivity index (χ4v) is 2.07. The van der Waals surface area contributed by atoms with Crippen LogP contribution in [-0.4, -0.2) is 16.1 Å². The van der Waals surface area contributed by atoms with E-state index in [-0.39, 0.29) is 22.6 Å². The van der Waals surface area contributed by atoms with Crippen molar-refractivity contribution in [2.45, 2.75) is 20.3 Å². The number of hydrogen-bond acceptors (Lipinski definition) is 3. The lowest BCUT2D eigenvalue weighted by atomic mass is 10.1. The SMILES string of the molecule is CC(C)Cc1nc(-c2ccc(F)cc2Cl)oc1C(=O)O. The van der Waals surface area contributed by atoms with Crippen molar-refractivity contribution in [3.63, 3.8) is 0 Å². The topological polar surface area (TPSA) is 63.3 Å². The van der Waals surface area contributed by atoms with Crippen LogP contribution >= 0.6 is 11.6 Å². The molecular weight excluding hydrogens is 285 g/mol. The Labute approximate surface area is 120 Å². The van der Waals surface area contributed by atoms with Gasteiger partial charge in [-0.25, -0.2) is 14.2 Å². The molecule has 1 heterocycles. The lowest BCUT2D eigenvalue weighted by Crippen LogP contribution is -2.03. The first kappa shape index (κ1) is 14.5. The van der Waals surface area contributed by atoms with Crippen LogP contribution in [0.5, 0.6) is 0 Å². The van der Waals surface area contributed by atoms with Gasteiger partial charge in [0.15, 0.2) is 0 Å². The van der Waals surface area contributed by atoms with Crippen molar-refractivity contribution in [2.24, 2.45) is 5.92 Å². The van der Waals surface area contributed by atoms with Gasteiger partial charge in [0.25, 0.3) is 0 Å². The Morgan fingerprint density at radius 2 is 2.20 bits per heavy atom. The van der Waals surface area contributed by atoms with Gasteiger partial charge in [0.1, 0.15) is 5.82 Å². The van der Waals surface area contributed by atoms with E-state index in [9.17, 15) is 9.18 Å². The highest BCUT2D eigenvalue weighted by atomic mass is 35.5. The largest absolute Gasteiger partial charge is 0.475 e. The van der Waals surface area contributed by atoms with Crippen molar-refractivity contribution in [1.82, 2.24) is 4.98 Å². The molecule has 0 amide bonds. The van der Waals surface area contributed by atoms with Gasteiger partial charge in [-0.3, -0.25) is 0 Å². The van der Waals surface area contributed by atoms with Gasteiger partial charge in [-0.15, -0.1) is 0 Å². The van der Waals surface area contributed by atoms with Crippen molar-refractivity contribution in [3.8, 4) is 11.5 Å². The minimum Gasteiger partial charge on any atom is -0.475 e. The molecule has 1 N–H and O–H groups in total. The van der Waals surface area contributed by atoms with Crippen molar-refractivity contribution in [3.05, 3.63) is 40.5 Å². The molecule has 0 saturated carbocycles. The number of nitrogens with zero attached hydrogens (tertiary/aromatic N) is 1. The van der Waals surface area contributed by atoms with E-state index < -0.39 is 11.8 Å². The summed E-state index contributed by atoms with van der Waals surface area (Å²) in [6, 6.07) is 3.76. The molecule has 0 aliphatic rings. The quantitative estimate of drug-likeness (QED) is 0.925. The van der Waals surface area contributed by atoms with Crippen LogP contribution in [0.15, 0.2) is 22.6 Å². The summed E-state index contributed by atoms with van der Waals surface area (Å²) >= 11 is 5.92. The second-order valence-corrected chi connectivity index (χ2v) is 5.23. The Hall–Kier alpha value is -1.88. The first-order chi connectivity index (χ1) is 9.38. The molecule has 0 aliphatic carbocycles. The van der Waals surface area contributed by atoms with Crippen LogP contribution in [0.1, 0.15) is 30.1 Å². The molecule has 0 aliphatic heterocycles. The number of carbonyl (C=O) groups is 1. The van der Waals surface area contributed by atoms with Crippen LogP contribution in [-0.2, 0) is 6.42 Å². The normalized spacial score (nSPS) is 11.1. The van der Waals surface area contributed by atoms with Crippen LogP contribution < -0.4 is 0 Å².